The van der Waals surface area contributed by atoms with E-state index in [4.69, 9.17) is 16.7 Å². The van der Waals surface area contributed by atoms with Gasteiger partial charge in [0, 0.05) is 6.42 Å². The summed E-state index contributed by atoms with van der Waals surface area (Å²) in [6.45, 7) is 0. The quantitative estimate of drug-likeness (QED) is 0.646. The first-order valence-corrected chi connectivity index (χ1v) is 4.23. The molecule has 0 aromatic rings. The highest BCUT2D eigenvalue weighted by molar-refractivity contribution is 7.67. The number of hydrogen-bond acceptors (Lipinski definition) is 2. The number of aliphatic carboxylic acids is 1. The molecule has 5 heteroatoms. The predicted molar refractivity (Wildman–Crippen MR) is 47.4 cm³/mol. The summed E-state index contributed by atoms with van der Waals surface area (Å²) < 4.78 is 10.3. The Kier molecular flexibility index (Phi) is 2.83. The topological polar surface area (TPSA) is 54.4 Å². The van der Waals surface area contributed by atoms with Gasteiger partial charge in [-0.25, -0.2) is 9.00 Å². The van der Waals surface area contributed by atoms with Gasteiger partial charge in [-0.15, -0.1) is 0 Å². The Bertz CT molecular complexity index is 337. The molecule has 0 unspecified atom stereocenters. The lowest BCUT2D eigenvalue weighted by molar-refractivity contribution is -0.132. The lowest BCUT2D eigenvalue weighted by Gasteiger charge is -2.05. The van der Waals surface area contributed by atoms with Crippen LogP contribution in [0.3, 0.4) is 0 Å². The van der Waals surface area contributed by atoms with Gasteiger partial charge in [0.1, 0.15) is 0 Å². The van der Waals surface area contributed by atoms with Gasteiger partial charge in [0.2, 0.25) is 0 Å². The molecule has 0 radical (unpaired) electrons. The van der Waals surface area contributed by atoms with Gasteiger partial charge in [-0.2, -0.15) is 0 Å². The highest BCUT2D eigenvalue weighted by Gasteiger charge is 2.15. The van der Waals surface area contributed by atoms with Gasteiger partial charge in [-0.05, 0) is 6.08 Å². The molecule has 0 bridgehead atoms. The first-order chi connectivity index (χ1) is 5.65. The largest absolute Gasteiger partial charge is 0.478 e. The van der Waals surface area contributed by atoms with Crippen LogP contribution in [0.4, 0.5) is 0 Å². The third kappa shape index (κ3) is 1.84. The van der Waals surface area contributed by atoms with Crippen LogP contribution in [0.2, 0.25) is 0 Å². The summed E-state index contributed by atoms with van der Waals surface area (Å²) in [5, 5.41) is 8.70. The fourth-order valence-electron chi connectivity index (χ4n) is 0.826. The van der Waals surface area contributed by atoms with Crippen LogP contribution in [0.5, 0.6) is 0 Å². The van der Waals surface area contributed by atoms with Crippen LogP contribution in [0, 0.1) is 0 Å². The molecule has 64 valence electrons. The molecule has 12 heavy (non-hydrogen) atoms. The number of halogens is 1. The normalized spacial score (nSPS) is 16.6. The zero-order valence-corrected chi connectivity index (χ0v) is 7.48. The second-order valence-electron chi connectivity index (χ2n) is 2.17. The van der Waals surface area contributed by atoms with E-state index in [0.29, 0.717) is 22.5 Å². The van der Waals surface area contributed by atoms with Crippen molar-refractivity contribution in [2.75, 3.05) is 0 Å². The van der Waals surface area contributed by atoms with E-state index in [0.717, 1.165) is 0 Å². The average molecular weight is 205 g/mol. The van der Waals surface area contributed by atoms with E-state index in [-0.39, 0.29) is 10.6 Å². The van der Waals surface area contributed by atoms with Crippen molar-refractivity contribution in [2.45, 2.75) is 6.42 Å². The minimum atomic E-state index is -1.06. The molecule has 1 N–H and O–H groups in total. The summed E-state index contributed by atoms with van der Waals surface area (Å²) in [6.07, 6.45) is 3.18. The zero-order chi connectivity index (χ0) is 9.14. The third-order valence-corrected chi connectivity index (χ3v) is 2.20. The van der Waals surface area contributed by atoms with E-state index < -0.39 is 5.97 Å². The van der Waals surface area contributed by atoms with Crippen LogP contribution in [-0.4, -0.2) is 20.1 Å². The Morgan fingerprint density at radius 1 is 1.67 bits per heavy atom. The van der Waals surface area contributed by atoms with Gasteiger partial charge in [0.05, 0.1) is 26.7 Å². The molecular weight excluding hydrogens is 200 g/mol. The van der Waals surface area contributed by atoms with Crippen LogP contribution in [0.25, 0.3) is 0 Å². The van der Waals surface area contributed by atoms with E-state index in [2.05, 4.69) is 0 Å². The molecule has 0 aliphatic heterocycles. The SMILES string of the molecule is O=S=C1C=C(Cl)C(C(=O)O)=CC1. The van der Waals surface area contributed by atoms with Crippen molar-refractivity contribution in [2.24, 2.45) is 0 Å². The number of carboxylic acid groups (broad SMARTS) is 1. The predicted octanol–water partition coefficient (Wildman–Crippen LogP) is 0.909. The van der Waals surface area contributed by atoms with E-state index in [1.807, 2.05) is 0 Å². The van der Waals surface area contributed by atoms with E-state index in [1.165, 1.54) is 12.2 Å². The lowest BCUT2D eigenvalue weighted by Crippen LogP contribution is -2.07. The van der Waals surface area contributed by atoms with Crippen molar-refractivity contribution < 1.29 is 14.1 Å². The Morgan fingerprint density at radius 3 is 2.75 bits per heavy atom. The summed E-state index contributed by atoms with van der Waals surface area (Å²) in [5.74, 6) is -1.06. The molecular formula is C7H5ClO3S. The molecule has 1 aliphatic carbocycles. The molecule has 1 rings (SSSR count). The Balaban J connectivity index is 3.01. The van der Waals surface area contributed by atoms with Gasteiger partial charge < -0.3 is 5.11 Å². The monoisotopic (exact) mass is 204 g/mol. The fraction of sp³-hybridized carbons (Fsp3) is 0.143. The van der Waals surface area contributed by atoms with Crippen molar-refractivity contribution in [3.05, 3.63) is 22.8 Å². The standard InChI is InChI=1S/C7H5ClO3S/c8-6-3-4(12-11)1-2-5(6)7(9)10/h2-3H,1H2,(H,9,10). The van der Waals surface area contributed by atoms with Crippen LogP contribution >= 0.6 is 11.6 Å². The van der Waals surface area contributed by atoms with Gasteiger partial charge >= 0.3 is 5.97 Å². The molecule has 0 spiro atoms. The molecule has 0 heterocycles. The van der Waals surface area contributed by atoms with E-state index >= 15 is 0 Å². The average Bonchev–Trinajstić information content (AvgIpc) is 2.03. The van der Waals surface area contributed by atoms with Crippen LogP contribution < -0.4 is 0 Å². The van der Waals surface area contributed by atoms with Crippen molar-refractivity contribution in [3.63, 3.8) is 0 Å². The summed E-state index contributed by atoms with van der Waals surface area (Å²) in [4.78, 5) is 11.0. The number of carbonyl (C=O) groups is 1. The van der Waals surface area contributed by atoms with Crippen molar-refractivity contribution >= 4 is 33.7 Å². The maximum Gasteiger partial charge on any atom is 0.336 e. The Labute approximate surface area is 77.4 Å². The third-order valence-electron chi connectivity index (χ3n) is 1.39. The van der Waals surface area contributed by atoms with Crippen molar-refractivity contribution in [1.82, 2.24) is 0 Å². The van der Waals surface area contributed by atoms with Gasteiger partial charge in [-0.1, -0.05) is 17.7 Å². The first kappa shape index (κ1) is 9.22. The molecule has 0 amide bonds. The molecule has 0 fully saturated rings. The lowest BCUT2D eigenvalue weighted by atomic mass is 10.1. The minimum absolute atomic E-state index is 0.0643. The number of allylic oxidation sites excluding steroid dienone is 2. The minimum Gasteiger partial charge on any atom is -0.478 e. The molecule has 0 aromatic carbocycles. The smallest absolute Gasteiger partial charge is 0.336 e. The van der Waals surface area contributed by atoms with Crippen molar-refractivity contribution in [1.29, 1.82) is 0 Å². The summed E-state index contributed by atoms with van der Waals surface area (Å²) in [7, 11) is 0. The van der Waals surface area contributed by atoms with E-state index in [9.17, 15) is 9.00 Å². The molecule has 0 saturated carbocycles. The van der Waals surface area contributed by atoms with Gasteiger partial charge in [0.15, 0.2) is 0 Å². The Hall–Kier alpha value is -0.870. The highest BCUT2D eigenvalue weighted by Crippen LogP contribution is 2.20. The molecule has 3 nitrogen and oxygen atoms in total. The van der Waals surface area contributed by atoms with Crippen molar-refractivity contribution in [3.8, 4) is 0 Å². The number of carboxylic acids is 1. The second-order valence-corrected chi connectivity index (χ2v) is 3.27. The summed E-state index contributed by atoms with van der Waals surface area (Å²) in [5.41, 5.74) is 0.0643. The van der Waals surface area contributed by atoms with E-state index in [1.54, 1.807) is 0 Å². The molecule has 0 saturated heterocycles. The number of rotatable bonds is 1. The zero-order valence-electron chi connectivity index (χ0n) is 5.91. The number of hydrogen-bond donors (Lipinski definition) is 1. The fourth-order valence-corrected chi connectivity index (χ4v) is 1.50. The van der Waals surface area contributed by atoms with Gasteiger partial charge in [0.25, 0.3) is 0 Å². The molecule has 0 aromatic heterocycles. The maximum atomic E-state index is 10.5. The Morgan fingerprint density at radius 2 is 2.33 bits per heavy atom. The van der Waals surface area contributed by atoms with Crippen LogP contribution in [0.1, 0.15) is 6.42 Å². The maximum absolute atomic E-state index is 10.5. The first-order valence-electron chi connectivity index (χ1n) is 3.12. The van der Waals surface area contributed by atoms with Gasteiger partial charge in [-0.3, -0.25) is 0 Å². The molecule has 1 aliphatic rings. The second kappa shape index (κ2) is 3.69. The molecule has 0 atom stereocenters. The van der Waals surface area contributed by atoms with Crippen LogP contribution in [0.15, 0.2) is 22.8 Å². The summed E-state index contributed by atoms with van der Waals surface area (Å²) >= 11 is 5.92. The van der Waals surface area contributed by atoms with Crippen LogP contribution in [-0.2, 0) is 16.1 Å². The highest BCUT2D eigenvalue weighted by atomic mass is 35.5. The summed E-state index contributed by atoms with van der Waals surface area (Å²) in [6, 6.07) is 0.